The van der Waals surface area contributed by atoms with E-state index in [9.17, 15) is 19.5 Å². The van der Waals surface area contributed by atoms with Crippen molar-refractivity contribution in [2.75, 3.05) is 6.61 Å². The van der Waals surface area contributed by atoms with Crippen LogP contribution in [-0.4, -0.2) is 52.5 Å². The maximum Gasteiger partial charge on any atom is 0.429 e. The van der Waals surface area contributed by atoms with Crippen molar-refractivity contribution in [2.45, 2.75) is 58.9 Å². The van der Waals surface area contributed by atoms with Gasteiger partial charge in [0, 0.05) is 0 Å². The first-order valence-electron chi connectivity index (χ1n) is 8.94. The molecule has 1 aromatic carbocycles. The molecule has 0 aromatic heterocycles. The molecule has 0 aliphatic rings. The molecule has 0 bridgehead atoms. The van der Waals surface area contributed by atoms with Gasteiger partial charge in [0.25, 0.3) is 5.91 Å². The molecule has 0 aliphatic carbocycles. The first kappa shape index (κ1) is 23.2. The van der Waals surface area contributed by atoms with Gasteiger partial charge in [-0.25, -0.2) is 14.6 Å². The minimum atomic E-state index is -1.29. The molecule has 0 spiro atoms. The number of carbonyl (C=O) groups is 3. The van der Waals surface area contributed by atoms with Crippen molar-refractivity contribution in [2.24, 2.45) is 0 Å². The van der Waals surface area contributed by atoms with Crippen LogP contribution in [0.5, 0.6) is 0 Å². The third-order valence-electron chi connectivity index (χ3n) is 3.34. The Morgan fingerprint density at radius 2 is 1.75 bits per heavy atom. The van der Waals surface area contributed by atoms with Crippen molar-refractivity contribution in [1.29, 1.82) is 0 Å². The molecule has 9 nitrogen and oxygen atoms in total. The molecular weight excluding hydrogens is 366 g/mol. The number of benzene rings is 1. The van der Waals surface area contributed by atoms with Crippen LogP contribution in [0.4, 0.5) is 9.59 Å². The molecule has 156 valence electrons. The summed E-state index contributed by atoms with van der Waals surface area (Å²) in [5.41, 5.74) is 2.40. The number of hydrogen-bond acceptors (Lipinski definition) is 6. The second-order valence-electron chi connectivity index (χ2n) is 7.36. The predicted octanol–water partition coefficient (Wildman–Crippen LogP) is 1.95. The van der Waals surface area contributed by atoms with E-state index in [4.69, 9.17) is 9.47 Å². The van der Waals surface area contributed by atoms with E-state index in [1.807, 2.05) is 18.2 Å². The molecule has 0 saturated heterocycles. The normalized spacial score (nSPS) is 12.1. The molecule has 0 fully saturated rings. The van der Waals surface area contributed by atoms with E-state index >= 15 is 0 Å². The SMILES string of the molecule is CC(C)N(NC(=O)[C@H](CO)NC(=O)OC(C)(C)C)C(=O)OCc1ccccc1. The first-order chi connectivity index (χ1) is 13.0. The summed E-state index contributed by atoms with van der Waals surface area (Å²) >= 11 is 0. The number of nitrogens with zero attached hydrogens (tertiary/aromatic N) is 1. The maximum atomic E-state index is 12.4. The Hall–Kier alpha value is -2.81. The lowest BCUT2D eigenvalue weighted by atomic mass is 10.2. The van der Waals surface area contributed by atoms with E-state index in [1.165, 1.54) is 0 Å². The summed E-state index contributed by atoms with van der Waals surface area (Å²) in [4.78, 5) is 36.5. The Bertz CT molecular complexity index is 657. The van der Waals surface area contributed by atoms with E-state index in [2.05, 4.69) is 10.7 Å². The van der Waals surface area contributed by atoms with Crippen molar-refractivity contribution < 1.29 is 29.0 Å². The van der Waals surface area contributed by atoms with Gasteiger partial charge >= 0.3 is 12.2 Å². The van der Waals surface area contributed by atoms with Gasteiger partial charge in [0.05, 0.1) is 12.6 Å². The molecule has 0 saturated carbocycles. The van der Waals surface area contributed by atoms with Gasteiger partial charge in [0.1, 0.15) is 18.2 Å². The third-order valence-corrected chi connectivity index (χ3v) is 3.34. The Morgan fingerprint density at radius 1 is 1.14 bits per heavy atom. The molecule has 1 atom stereocenters. The zero-order chi connectivity index (χ0) is 21.3. The van der Waals surface area contributed by atoms with E-state index in [-0.39, 0.29) is 6.61 Å². The van der Waals surface area contributed by atoms with Crippen LogP contribution in [0.1, 0.15) is 40.2 Å². The monoisotopic (exact) mass is 395 g/mol. The van der Waals surface area contributed by atoms with Crippen LogP contribution in [0.3, 0.4) is 0 Å². The summed E-state index contributed by atoms with van der Waals surface area (Å²) in [6.07, 6.45) is -1.62. The molecule has 28 heavy (non-hydrogen) atoms. The highest BCUT2D eigenvalue weighted by Crippen LogP contribution is 2.07. The van der Waals surface area contributed by atoms with Gasteiger partial charge in [0.15, 0.2) is 0 Å². The Labute approximate surface area is 165 Å². The Morgan fingerprint density at radius 3 is 2.25 bits per heavy atom. The van der Waals surface area contributed by atoms with Gasteiger partial charge in [-0.05, 0) is 40.2 Å². The zero-order valence-corrected chi connectivity index (χ0v) is 16.9. The van der Waals surface area contributed by atoms with Crippen molar-refractivity contribution in [3.8, 4) is 0 Å². The third kappa shape index (κ3) is 8.26. The van der Waals surface area contributed by atoms with Crippen LogP contribution in [0.2, 0.25) is 0 Å². The molecule has 0 aliphatic heterocycles. The Balaban J connectivity index is 2.68. The quantitative estimate of drug-likeness (QED) is 0.634. The smallest absolute Gasteiger partial charge is 0.429 e. The molecule has 0 unspecified atom stereocenters. The fourth-order valence-corrected chi connectivity index (χ4v) is 2.01. The number of hydrazine groups is 1. The number of aliphatic hydroxyl groups is 1. The molecule has 3 amide bonds. The average Bonchev–Trinajstić information content (AvgIpc) is 2.61. The van der Waals surface area contributed by atoms with Crippen LogP contribution >= 0.6 is 0 Å². The summed E-state index contributed by atoms with van der Waals surface area (Å²) in [6.45, 7) is 7.74. The van der Waals surface area contributed by atoms with Crippen molar-refractivity contribution >= 4 is 18.1 Å². The van der Waals surface area contributed by atoms with Gasteiger partial charge in [-0.2, -0.15) is 0 Å². The topological polar surface area (TPSA) is 117 Å². The molecular formula is C19H29N3O6. The fourth-order valence-electron chi connectivity index (χ4n) is 2.01. The molecule has 0 heterocycles. The Kier molecular flexibility index (Phi) is 8.72. The highest BCUT2D eigenvalue weighted by Gasteiger charge is 2.28. The second-order valence-corrected chi connectivity index (χ2v) is 7.36. The van der Waals surface area contributed by atoms with Crippen LogP contribution in [0, 0.1) is 0 Å². The van der Waals surface area contributed by atoms with Gasteiger partial charge in [-0.3, -0.25) is 10.2 Å². The lowest BCUT2D eigenvalue weighted by Gasteiger charge is -2.28. The predicted molar refractivity (Wildman–Crippen MR) is 102 cm³/mol. The van der Waals surface area contributed by atoms with Crippen molar-refractivity contribution in [3.05, 3.63) is 35.9 Å². The minimum Gasteiger partial charge on any atom is -0.444 e. The number of aliphatic hydroxyl groups excluding tert-OH is 1. The van der Waals surface area contributed by atoms with E-state index in [1.54, 1.807) is 46.8 Å². The highest BCUT2D eigenvalue weighted by molar-refractivity contribution is 5.87. The number of rotatable bonds is 6. The van der Waals surface area contributed by atoms with Crippen molar-refractivity contribution in [3.63, 3.8) is 0 Å². The standard InChI is InChI=1S/C19H29N3O6/c1-13(2)22(18(26)27-12-14-9-7-6-8-10-14)21-16(24)15(11-23)20-17(25)28-19(3,4)5/h6-10,13,15,23H,11-12H2,1-5H3,(H,20,25)(H,21,24)/t15-/m0/s1. The first-order valence-corrected chi connectivity index (χ1v) is 8.94. The molecule has 0 radical (unpaired) electrons. The largest absolute Gasteiger partial charge is 0.444 e. The molecule has 1 aromatic rings. The zero-order valence-electron chi connectivity index (χ0n) is 16.9. The van der Waals surface area contributed by atoms with E-state index in [0.29, 0.717) is 0 Å². The van der Waals surface area contributed by atoms with E-state index < -0.39 is 42.4 Å². The van der Waals surface area contributed by atoms with Gasteiger partial charge in [0.2, 0.25) is 0 Å². The average molecular weight is 395 g/mol. The fraction of sp³-hybridized carbons (Fsp3) is 0.526. The molecule has 9 heteroatoms. The van der Waals surface area contributed by atoms with Gasteiger partial charge in [-0.1, -0.05) is 30.3 Å². The number of hydrogen-bond donors (Lipinski definition) is 3. The van der Waals surface area contributed by atoms with Gasteiger partial charge in [-0.15, -0.1) is 0 Å². The van der Waals surface area contributed by atoms with Crippen molar-refractivity contribution in [1.82, 2.24) is 15.8 Å². The summed E-state index contributed by atoms with van der Waals surface area (Å²) in [5.74, 6) is -0.779. The minimum absolute atomic E-state index is 0.0400. The highest BCUT2D eigenvalue weighted by atomic mass is 16.6. The number of amides is 3. The molecule has 1 rings (SSSR count). The summed E-state index contributed by atoms with van der Waals surface area (Å²) in [5, 5.41) is 12.7. The molecule has 3 N–H and O–H groups in total. The van der Waals surface area contributed by atoms with Crippen LogP contribution in [0.15, 0.2) is 30.3 Å². The number of ether oxygens (including phenoxy) is 2. The lowest BCUT2D eigenvalue weighted by molar-refractivity contribution is -0.129. The van der Waals surface area contributed by atoms with E-state index in [0.717, 1.165) is 10.6 Å². The number of carbonyl (C=O) groups excluding carboxylic acids is 3. The summed E-state index contributed by atoms with van der Waals surface area (Å²) in [6, 6.07) is 7.37. The van der Waals surface area contributed by atoms with Gasteiger partial charge < -0.3 is 19.9 Å². The summed E-state index contributed by atoms with van der Waals surface area (Å²) < 4.78 is 10.3. The van der Waals surface area contributed by atoms with Crippen LogP contribution < -0.4 is 10.7 Å². The summed E-state index contributed by atoms with van der Waals surface area (Å²) in [7, 11) is 0. The van der Waals surface area contributed by atoms with Crippen LogP contribution in [-0.2, 0) is 20.9 Å². The number of nitrogens with one attached hydrogen (secondary N) is 2. The van der Waals surface area contributed by atoms with Crippen LogP contribution in [0.25, 0.3) is 0 Å². The lowest BCUT2D eigenvalue weighted by Crippen LogP contribution is -2.57. The number of alkyl carbamates (subject to hydrolysis) is 1. The maximum absolute atomic E-state index is 12.4. The second kappa shape index (κ2) is 10.5.